The van der Waals surface area contributed by atoms with Gasteiger partial charge < -0.3 is 27.0 Å². The highest BCUT2D eigenvalue weighted by molar-refractivity contribution is 6.31. The minimum atomic E-state index is -0.651. The van der Waals surface area contributed by atoms with Crippen molar-refractivity contribution in [3.8, 4) is 0 Å². The molecule has 0 saturated carbocycles. The lowest BCUT2D eigenvalue weighted by atomic mass is 10.2. The van der Waals surface area contributed by atoms with Crippen molar-refractivity contribution in [1.29, 1.82) is 0 Å². The summed E-state index contributed by atoms with van der Waals surface area (Å²) in [4.78, 5) is 23.7. The maximum Gasteiger partial charge on any atom is 0.280 e. The number of aliphatic hydroxyl groups is 1. The zero-order valence-corrected chi connectivity index (χ0v) is 16.0. The fourth-order valence-electron chi connectivity index (χ4n) is 2.11. The van der Waals surface area contributed by atoms with Crippen LogP contribution in [0.15, 0.2) is 4.99 Å². The number of carbonyl (C=O) groups excluding carboxylic acids is 1. The Balaban J connectivity index is 2.20. The second kappa shape index (κ2) is 13.1. The van der Waals surface area contributed by atoms with Gasteiger partial charge in [0.05, 0.1) is 0 Å². The minimum absolute atomic E-state index is 0.0265. The number of hydrogen-bond donors (Lipinski definition) is 5. The summed E-state index contributed by atoms with van der Waals surface area (Å²) < 4.78 is 5.45. The van der Waals surface area contributed by atoms with Crippen LogP contribution in [0.4, 0.5) is 11.6 Å². The van der Waals surface area contributed by atoms with Crippen molar-refractivity contribution < 1.29 is 14.6 Å². The Kier molecular flexibility index (Phi) is 11.1. The SMILES string of the molecule is NC(=NCCCCCCOCCCCO)NC(=O)c1nc(Cl)c(N)nc1N. The van der Waals surface area contributed by atoms with Gasteiger partial charge in [0.25, 0.3) is 5.91 Å². The monoisotopic (exact) mass is 401 g/mol. The summed E-state index contributed by atoms with van der Waals surface area (Å²) >= 11 is 5.74. The molecule has 0 atom stereocenters. The predicted molar refractivity (Wildman–Crippen MR) is 105 cm³/mol. The molecule has 1 rings (SSSR count). The van der Waals surface area contributed by atoms with Gasteiger partial charge in [0.15, 0.2) is 28.4 Å². The highest BCUT2D eigenvalue weighted by Crippen LogP contribution is 2.17. The van der Waals surface area contributed by atoms with Crippen LogP contribution in [-0.2, 0) is 4.74 Å². The third-order valence-electron chi connectivity index (χ3n) is 3.54. The second-order valence-corrected chi connectivity index (χ2v) is 6.17. The Labute approximate surface area is 163 Å². The number of nitrogens with zero attached hydrogens (tertiary/aromatic N) is 3. The Morgan fingerprint density at radius 2 is 1.74 bits per heavy atom. The first-order chi connectivity index (χ1) is 13.0. The van der Waals surface area contributed by atoms with Gasteiger partial charge in [-0.2, -0.15) is 0 Å². The average Bonchev–Trinajstić information content (AvgIpc) is 2.62. The number of anilines is 2. The molecule has 0 saturated heterocycles. The fraction of sp³-hybridized carbons (Fsp3) is 0.625. The molecule has 0 aliphatic carbocycles. The second-order valence-electron chi connectivity index (χ2n) is 5.81. The van der Waals surface area contributed by atoms with E-state index >= 15 is 0 Å². The van der Waals surface area contributed by atoms with E-state index < -0.39 is 5.91 Å². The number of nitrogen functional groups attached to an aromatic ring is 2. The lowest BCUT2D eigenvalue weighted by molar-refractivity contribution is 0.0972. The van der Waals surface area contributed by atoms with E-state index in [2.05, 4.69) is 20.3 Å². The normalized spacial score (nSPS) is 11.6. The van der Waals surface area contributed by atoms with Gasteiger partial charge in [-0.25, -0.2) is 9.97 Å². The van der Waals surface area contributed by atoms with Crippen LogP contribution in [0.5, 0.6) is 0 Å². The van der Waals surface area contributed by atoms with Crippen LogP contribution < -0.4 is 22.5 Å². The van der Waals surface area contributed by atoms with E-state index in [4.69, 9.17) is 38.6 Å². The minimum Gasteiger partial charge on any atom is -0.396 e. The van der Waals surface area contributed by atoms with Crippen LogP contribution >= 0.6 is 11.6 Å². The number of rotatable bonds is 12. The number of nitrogens with two attached hydrogens (primary N) is 3. The van der Waals surface area contributed by atoms with Crippen LogP contribution in [0.1, 0.15) is 49.0 Å². The summed E-state index contributed by atoms with van der Waals surface area (Å²) in [5.74, 6) is -0.869. The number of ether oxygens (including phenoxy) is 1. The zero-order valence-electron chi connectivity index (χ0n) is 15.3. The molecule has 0 aliphatic rings. The van der Waals surface area contributed by atoms with Gasteiger partial charge in [-0.05, 0) is 25.7 Å². The molecule has 1 heterocycles. The van der Waals surface area contributed by atoms with Gasteiger partial charge >= 0.3 is 0 Å². The Hall–Kier alpha value is -2.17. The molecule has 10 nitrogen and oxygen atoms in total. The lowest BCUT2D eigenvalue weighted by Crippen LogP contribution is -2.38. The van der Waals surface area contributed by atoms with Crippen LogP contribution in [0.2, 0.25) is 5.15 Å². The molecule has 0 aliphatic heterocycles. The van der Waals surface area contributed by atoms with E-state index in [1.165, 1.54) is 0 Å². The molecule has 1 aromatic heterocycles. The number of halogens is 1. The number of nitrogens with one attached hydrogen (secondary N) is 1. The van der Waals surface area contributed by atoms with Crippen molar-refractivity contribution in [3.63, 3.8) is 0 Å². The van der Waals surface area contributed by atoms with E-state index in [1.54, 1.807) is 0 Å². The number of hydrogen-bond acceptors (Lipinski definition) is 8. The molecule has 0 unspecified atom stereocenters. The maximum absolute atomic E-state index is 12.1. The molecule has 1 amide bonds. The van der Waals surface area contributed by atoms with Crippen molar-refractivity contribution in [3.05, 3.63) is 10.8 Å². The van der Waals surface area contributed by atoms with E-state index in [0.717, 1.165) is 45.1 Å². The van der Waals surface area contributed by atoms with Crippen LogP contribution in [-0.4, -0.2) is 53.3 Å². The molecular formula is C16H28ClN7O3. The standard InChI is InChI=1S/C16H28ClN7O3/c17-12-14(19)23-13(18)11(22-12)15(26)24-16(20)21-7-3-1-2-5-9-27-10-6-4-8-25/h25H,1-10H2,(H4,18,19,23)(H3,20,21,24,26). The quantitative estimate of drug-likeness (QED) is 0.193. The van der Waals surface area contributed by atoms with E-state index in [9.17, 15) is 4.79 Å². The Morgan fingerprint density at radius 3 is 2.44 bits per heavy atom. The van der Waals surface area contributed by atoms with Gasteiger partial charge in [-0.15, -0.1) is 0 Å². The number of unbranched alkanes of at least 4 members (excludes halogenated alkanes) is 4. The smallest absolute Gasteiger partial charge is 0.280 e. The van der Waals surface area contributed by atoms with Crippen molar-refractivity contribution in [2.24, 2.45) is 10.7 Å². The summed E-state index contributed by atoms with van der Waals surface area (Å²) in [7, 11) is 0. The molecule has 8 N–H and O–H groups in total. The predicted octanol–water partition coefficient (Wildman–Crippen LogP) is 0.688. The number of guanidine groups is 1. The van der Waals surface area contributed by atoms with Gasteiger partial charge in [-0.1, -0.05) is 24.4 Å². The zero-order chi connectivity index (χ0) is 20.1. The Bertz CT molecular complexity index is 628. The van der Waals surface area contributed by atoms with Gasteiger partial charge in [0, 0.05) is 26.4 Å². The highest BCUT2D eigenvalue weighted by Gasteiger charge is 2.16. The van der Waals surface area contributed by atoms with E-state index in [-0.39, 0.29) is 35.0 Å². The summed E-state index contributed by atoms with van der Waals surface area (Å²) in [5.41, 5.74) is 16.6. The number of aromatic nitrogens is 2. The first kappa shape index (κ1) is 22.9. The molecule has 152 valence electrons. The largest absolute Gasteiger partial charge is 0.396 e. The van der Waals surface area contributed by atoms with Crippen molar-refractivity contribution in [2.75, 3.05) is 37.8 Å². The molecule has 0 spiro atoms. The summed E-state index contributed by atoms with van der Waals surface area (Å²) in [6, 6.07) is 0. The number of amides is 1. The maximum atomic E-state index is 12.1. The average molecular weight is 402 g/mol. The molecule has 0 bridgehead atoms. The summed E-state index contributed by atoms with van der Waals surface area (Å²) in [6.45, 7) is 2.11. The lowest BCUT2D eigenvalue weighted by Gasteiger charge is -2.07. The fourth-order valence-corrected chi connectivity index (χ4v) is 2.24. The number of aliphatic hydroxyl groups excluding tert-OH is 1. The third kappa shape index (κ3) is 9.36. The first-order valence-electron chi connectivity index (χ1n) is 8.84. The molecule has 27 heavy (non-hydrogen) atoms. The van der Waals surface area contributed by atoms with Crippen molar-refractivity contribution >= 4 is 35.1 Å². The van der Waals surface area contributed by atoms with E-state index in [1.807, 2.05) is 0 Å². The van der Waals surface area contributed by atoms with Crippen molar-refractivity contribution in [2.45, 2.75) is 38.5 Å². The molecular weight excluding hydrogens is 374 g/mol. The van der Waals surface area contributed by atoms with Crippen LogP contribution in [0.25, 0.3) is 0 Å². The molecule has 0 fully saturated rings. The summed E-state index contributed by atoms with van der Waals surface area (Å²) in [6.07, 6.45) is 5.49. The highest BCUT2D eigenvalue weighted by atomic mass is 35.5. The third-order valence-corrected chi connectivity index (χ3v) is 3.82. The molecule has 0 radical (unpaired) electrons. The topological polar surface area (TPSA) is 175 Å². The van der Waals surface area contributed by atoms with Gasteiger partial charge in [-0.3, -0.25) is 15.1 Å². The first-order valence-corrected chi connectivity index (χ1v) is 9.21. The van der Waals surface area contributed by atoms with Gasteiger partial charge in [0.2, 0.25) is 0 Å². The van der Waals surface area contributed by atoms with Crippen LogP contribution in [0.3, 0.4) is 0 Å². The summed E-state index contributed by atoms with van der Waals surface area (Å²) in [5, 5.41) is 10.9. The van der Waals surface area contributed by atoms with Gasteiger partial charge in [0.1, 0.15) is 0 Å². The van der Waals surface area contributed by atoms with Crippen molar-refractivity contribution in [1.82, 2.24) is 15.3 Å². The van der Waals surface area contributed by atoms with E-state index in [0.29, 0.717) is 13.2 Å². The molecule has 0 aromatic carbocycles. The number of aliphatic imine (C=N–C) groups is 1. The Morgan fingerprint density at radius 1 is 1.07 bits per heavy atom. The number of carbonyl (C=O) groups is 1. The molecule has 1 aromatic rings. The molecule has 11 heteroatoms. The van der Waals surface area contributed by atoms with Crippen LogP contribution in [0, 0.1) is 0 Å².